The number of nitrogens with two attached hydrogens (primary N) is 1. The number of nitrogen functional groups attached to an aromatic ring is 1. The third kappa shape index (κ3) is 3.53. The number of nitrogens with one attached hydrogen (secondary N) is 1. The first kappa shape index (κ1) is 17.8. The number of amidine groups is 1. The number of alkyl carbamates (subject to hydrolysis) is 1. The lowest BCUT2D eigenvalue weighted by Gasteiger charge is -2.42. The van der Waals surface area contributed by atoms with Crippen LogP contribution in [0.15, 0.2) is 17.1 Å². The molecule has 0 saturated carbocycles. The van der Waals surface area contributed by atoms with Gasteiger partial charge in [0.1, 0.15) is 17.2 Å². The number of carbonyl (C=O) groups excluding carboxylic acids is 1. The Hall–Kier alpha value is -1.96. The summed E-state index contributed by atoms with van der Waals surface area (Å²) < 4.78 is 24.7. The Labute approximate surface area is 150 Å². The van der Waals surface area contributed by atoms with Crippen LogP contribution in [0, 0.1) is 11.7 Å². The minimum Gasteiger partial charge on any atom is -0.493 e. The summed E-state index contributed by atoms with van der Waals surface area (Å²) in [6, 6.07) is 2.87. The van der Waals surface area contributed by atoms with Gasteiger partial charge in [-0.25, -0.2) is 9.18 Å². The van der Waals surface area contributed by atoms with E-state index in [9.17, 15) is 9.18 Å². The molecule has 136 valence electrons. The van der Waals surface area contributed by atoms with E-state index >= 15 is 0 Å². The molecule has 0 fully saturated rings. The lowest BCUT2D eigenvalue weighted by molar-refractivity contribution is 0.0563. The molecule has 2 aliphatic heterocycles. The zero-order chi connectivity index (χ0) is 18.4. The number of fused-ring (bicyclic) bond motifs is 3. The number of ether oxygens (including phenoxy) is 2. The highest BCUT2D eigenvalue weighted by Crippen LogP contribution is 2.48. The fourth-order valence-corrected chi connectivity index (χ4v) is 4.09. The summed E-state index contributed by atoms with van der Waals surface area (Å²) >= 11 is 1.44. The third-order valence-electron chi connectivity index (χ3n) is 4.24. The second-order valence-electron chi connectivity index (χ2n) is 7.38. The van der Waals surface area contributed by atoms with Gasteiger partial charge in [0.05, 0.1) is 17.8 Å². The number of amides is 1. The van der Waals surface area contributed by atoms with Gasteiger partial charge in [0.25, 0.3) is 0 Å². The normalized spacial score (nSPS) is 25.2. The van der Waals surface area contributed by atoms with Gasteiger partial charge in [-0.05, 0) is 33.8 Å². The molecule has 0 saturated heterocycles. The summed E-state index contributed by atoms with van der Waals surface area (Å²) in [5.74, 6) is 0.737. The zero-order valence-electron chi connectivity index (χ0n) is 14.7. The zero-order valence-corrected chi connectivity index (χ0v) is 15.5. The monoisotopic (exact) mass is 367 g/mol. The number of rotatable bonds is 0. The number of aliphatic imine (C=N–C) groups is 1. The van der Waals surface area contributed by atoms with E-state index in [2.05, 4.69) is 5.32 Å². The second-order valence-corrected chi connectivity index (χ2v) is 8.39. The van der Waals surface area contributed by atoms with Crippen LogP contribution in [0.1, 0.15) is 33.3 Å². The van der Waals surface area contributed by atoms with Crippen molar-refractivity contribution in [2.24, 2.45) is 10.9 Å². The first-order valence-corrected chi connectivity index (χ1v) is 9.02. The number of nitrogens with zero attached hydrogens (tertiary/aromatic N) is 1. The van der Waals surface area contributed by atoms with Crippen LogP contribution in [-0.4, -0.2) is 29.2 Å². The number of halogens is 1. The molecule has 0 aliphatic carbocycles. The molecule has 8 heteroatoms. The predicted molar refractivity (Wildman–Crippen MR) is 96.4 cm³/mol. The van der Waals surface area contributed by atoms with Crippen molar-refractivity contribution in [3.8, 4) is 5.75 Å². The highest BCUT2D eigenvalue weighted by atomic mass is 32.2. The topological polar surface area (TPSA) is 85.9 Å². The Balaban J connectivity index is 1.91. The van der Waals surface area contributed by atoms with Crippen molar-refractivity contribution in [1.82, 2.24) is 5.32 Å². The molecule has 25 heavy (non-hydrogen) atoms. The summed E-state index contributed by atoms with van der Waals surface area (Å²) in [4.78, 5) is 16.7. The Morgan fingerprint density at radius 3 is 2.92 bits per heavy atom. The molecule has 6 nitrogen and oxygen atoms in total. The van der Waals surface area contributed by atoms with Crippen molar-refractivity contribution < 1.29 is 18.7 Å². The highest BCUT2D eigenvalue weighted by molar-refractivity contribution is 8.13. The Kier molecular flexibility index (Phi) is 4.35. The van der Waals surface area contributed by atoms with Gasteiger partial charge in [-0.1, -0.05) is 11.8 Å². The molecule has 2 atom stereocenters. The van der Waals surface area contributed by atoms with Crippen molar-refractivity contribution in [2.45, 2.75) is 38.8 Å². The van der Waals surface area contributed by atoms with Gasteiger partial charge in [0.2, 0.25) is 0 Å². The van der Waals surface area contributed by atoms with Gasteiger partial charge in [-0.2, -0.15) is 0 Å². The molecule has 1 amide bonds. The SMILES string of the molecule is CC(C)(C)OC(=O)NC1=NC2(C)c3cc(N)c(F)cc3OCC2CS1. The lowest BCUT2D eigenvalue weighted by atomic mass is 9.79. The van der Waals surface area contributed by atoms with Gasteiger partial charge in [-0.3, -0.25) is 10.3 Å². The smallest absolute Gasteiger partial charge is 0.413 e. The third-order valence-corrected chi connectivity index (χ3v) is 5.28. The maximum Gasteiger partial charge on any atom is 0.413 e. The number of thioether (sulfide) groups is 1. The molecule has 3 rings (SSSR count). The molecule has 2 unspecified atom stereocenters. The predicted octanol–water partition coefficient (Wildman–Crippen LogP) is 3.26. The van der Waals surface area contributed by atoms with Crippen LogP contribution in [0.25, 0.3) is 0 Å². The average Bonchev–Trinajstić information content (AvgIpc) is 2.46. The largest absolute Gasteiger partial charge is 0.493 e. The van der Waals surface area contributed by atoms with Crippen LogP contribution >= 0.6 is 11.8 Å². The van der Waals surface area contributed by atoms with Crippen LogP contribution < -0.4 is 15.8 Å². The minimum absolute atomic E-state index is 0.0549. The lowest BCUT2D eigenvalue weighted by Crippen LogP contribution is -2.46. The van der Waals surface area contributed by atoms with Gasteiger partial charge in [0.15, 0.2) is 5.17 Å². The van der Waals surface area contributed by atoms with Crippen molar-refractivity contribution in [2.75, 3.05) is 18.1 Å². The molecule has 3 N–H and O–H groups in total. The Bertz CT molecular complexity index is 747. The van der Waals surface area contributed by atoms with E-state index < -0.39 is 23.1 Å². The summed E-state index contributed by atoms with van der Waals surface area (Å²) in [6.45, 7) is 7.78. The molecule has 1 aromatic rings. The summed E-state index contributed by atoms with van der Waals surface area (Å²) in [5.41, 5.74) is 5.28. The van der Waals surface area contributed by atoms with Crippen LogP contribution in [0.4, 0.5) is 14.9 Å². The van der Waals surface area contributed by atoms with Gasteiger partial charge in [0, 0.05) is 23.3 Å². The minimum atomic E-state index is -0.648. The maximum atomic E-state index is 13.7. The number of hydrogen-bond acceptors (Lipinski definition) is 6. The van der Waals surface area contributed by atoms with Crippen LogP contribution in [0.5, 0.6) is 5.75 Å². The van der Waals surface area contributed by atoms with E-state index in [1.807, 2.05) is 6.92 Å². The van der Waals surface area contributed by atoms with Crippen LogP contribution in [-0.2, 0) is 10.3 Å². The number of carbonyl (C=O) groups is 1. The van der Waals surface area contributed by atoms with Crippen molar-refractivity contribution in [3.63, 3.8) is 0 Å². The van der Waals surface area contributed by atoms with E-state index in [1.54, 1.807) is 26.8 Å². The van der Waals surface area contributed by atoms with Crippen molar-refractivity contribution in [1.29, 1.82) is 0 Å². The molecular weight excluding hydrogens is 345 g/mol. The van der Waals surface area contributed by atoms with E-state index in [1.165, 1.54) is 17.8 Å². The van der Waals surface area contributed by atoms with E-state index in [0.717, 1.165) is 5.56 Å². The van der Waals surface area contributed by atoms with Gasteiger partial charge < -0.3 is 15.2 Å². The van der Waals surface area contributed by atoms with Crippen molar-refractivity contribution in [3.05, 3.63) is 23.5 Å². The molecule has 0 radical (unpaired) electrons. The average molecular weight is 367 g/mol. The highest BCUT2D eigenvalue weighted by Gasteiger charge is 2.45. The van der Waals surface area contributed by atoms with E-state index in [4.69, 9.17) is 20.2 Å². The maximum absolute atomic E-state index is 13.7. The van der Waals surface area contributed by atoms with Gasteiger partial charge in [-0.15, -0.1) is 0 Å². The van der Waals surface area contributed by atoms with Crippen LogP contribution in [0.3, 0.4) is 0 Å². The summed E-state index contributed by atoms with van der Waals surface area (Å²) in [5, 5.41) is 3.17. The molecule has 0 spiro atoms. The second kappa shape index (κ2) is 6.09. The molecule has 2 aliphatic rings. The summed E-state index contributed by atoms with van der Waals surface area (Å²) in [6.07, 6.45) is -0.549. The van der Waals surface area contributed by atoms with E-state index in [0.29, 0.717) is 23.3 Å². The number of anilines is 1. The standard InChI is InChI=1S/C17H22FN3O3S/c1-16(2,3)24-15(22)20-14-21-17(4)9(8-25-14)7-23-13-6-11(18)12(19)5-10(13)17/h5-6,9H,7-8,19H2,1-4H3,(H,20,21,22). The van der Waals surface area contributed by atoms with Crippen molar-refractivity contribution >= 4 is 28.7 Å². The summed E-state index contributed by atoms with van der Waals surface area (Å²) in [7, 11) is 0. The fourth-order valence-electron chi connectivity index (χ4n) is 2.90. The molecular formula is C17H22FN3O3S. The molecule has 0 bridgehead atoms. The quantitative estimate of drug-likeness (QED) is 0.688. The molecule has 2 heterocycles. The van der Waals surface area contributed by atoms with Crippen LogP contribution in [0.2, 0.25) is 0 Å². The first-order valence-electron chi connectivity index (χ1n) is 8.03. The Morgan fingerprint density at radius 1 is 1.52 bits per heavy atom. The Morgan fingerprint density at radius 2 is 2.24 bits per heavy atom. The molecule has 1 aromatic carbocycles. The fraction of sp³-hybridized carbons (Fsp3) is 0.529. The van der Waals surface area contributed by atoms with E-state index in [-0.39, 0.29) is 11.6 Å². The first-order chi connectivity index (χ1) is 11.6. The molecule has 0 aromatic heterocycles. The number of hydrogen-bond donors (Lipinski definition) is 2. The van der Waals surface area contributed by atoms with Gasteiger partial charge >= 0.3 is 6.09 Å². The number of benzene rings is 1.